The van der Waals surface area contributed by atoms with Crippen LogP contribution in [0.15, 0.2) is 71.9 Å². The number of benzene rings is 2. The molecule has 4 aromatic rings. The summed E-state index contributed by atoms with van der Waals surface area (Å²) < 4.78 is 4.77. The van der Waals surface area contributed by atoms with Gasteiger partial charge in [-0.2, -0.15) is 0 Å². The lowest BCUT2D eigenvalue weighted by Crippen LogP contribution is -2.11. The second-order valence-electron chi connectivity index (χ2n) is 6.62. The van der Waals surface area contributed by atoms with Crippen LogP contribution in [0.25, 0.3) is 27.9 Å². The number of imidazole rings is 1. The quantitative estimate of drug-likeness (QED) is 0.378. The van der Waals surface area contributed by atoms with Crippen molar-refractivity contribution in [3.63, 3.8) is 0 Å². The minimum atomic E-state index is -0.463. The van der Waals surface area contributed by atoms with Crippen LogP contribution in [-0.4, -0.2) is 33.3 Å². The molecule has 8 heteroatoms. The Morgan fingerprint density at radius 3 is 2.77 bits per heavy atom. The molecule has 0 aliphatic rings. The van der Waals surface area contributed by atoms with E-state index < -0.39 is 5.91 Å². The van der Waals surface area contributed by atoms with Gasteiger partial charge in [-0.25, -0.2) is 4.98 Å². The third-order valence-electron chi connectivity index (χ3n) is 4.81. The zero-order valence-electron chi connectivity index (χ0n) is 16.1. The molecule has 0 saturated heterocycles. The number of nitrogens with zero attached hydrogens (tertiary/aromatic N) is 3. The van der Waals surface area contributed by atoms with E-state index in [9.17, 15) is 4.79 Å². The van der Waals surface area contributed by atoms with Crippen LogP contribution in [-0.2, 0) is 0 Å². The SMILES string of the molecule is CN/C=C(\C=N)c1cn(-c2cccc3c2ccn3-c2ccc(C(N)=O)cc2Br)cn1. The summed E-state index contributed by atoms with van der Waals surface area (Å²) in [6.07, 6.45) is 8.64. The lowest BCUT2D eigenvalue weighted by atomic mass is 10.2. The normalized spacial score (nSPS) is 11.6. The van der Waals surface area contributed by atoms with Crippen LogP contribution in [0.2, 0.25) is 0 Å². The Balaban J connectivity index is 1.80. The third-order valence-corrected chi connectivity index (χ3v) is 5.45. The topological polar surface area (TPSA) is 102 Å². The van der Waals surface area contributed by atoms with Crippen molar-refractivity contribution in [1.82, 2.24) is 19.4 Å². The molecule has 1 amide bonds. The summed E-state index contributed by atoms with van der Waals surface area (Å²) in [4.78, 5) is 15.9. The number of allylic oxidation sites excluding steroid dienone is 1. The van der Waals surface area contributed by atoms with Gasteiger partial charge in [0.25, 0.3) is 0 Å². The number of primary amides is 1. The first-order valence-electron chi connectivity index (χ1n) is 9.16. The fourth-order valence-electron chi connectivity index (χ4n) is 3.39. The molecule has 0 aliphatic carbocycles. The Labute approximate surface area is 181 Å². The number of nitrogens with one attached hydrogen (secondary N) is 2. The lowest BCUT2D eigenvalue weighted by molar-refractivity contribution is 0.1000. The second-order valence-corrected chi connectivity index (χ2v) is 7.48. The van der Waals surface area contributed by atoms with Crippen molar-refractivity contribution in [2.75, 3.05) is 7.05 Å². The first kappa shape index (κ1) is 19.7. The van der Waals surface area contributed by atoms with Gasteiger partial charge in [-0.3, -0.25) is 4.79 Å². The van der Waals surface area contributed by atoms with E-state index in [4.69, 9.17) is 11.1 Å². The molecule has 150 valence electrons. The Hall–Kier alpha value is -3.65. The average Bonchev–Trinajstić information content (AvgIpc) is 3.39. The maximum atomic E-state index is 11.4. The summed E-state index contributed by atoms with van der Waals surface area (Å²) in [6, 6.07) is 13.4. The molecule has 4 N–H and O–H groups in total. The Bertz CT molecular complexity index is 1300. The third kappa shape index (κ3) is 3.42. The monoisotopic (exact) mass is 462 g/mol. The molecule has 2 heterocycles. The Morgan fingerprint density at radius 1 is 1.23 bits per heavy atom. The molecule has 0 fully saturated rings. The fourth-order valence-corrected chi connectivity index (χ4v) is 3.96. The molecular weight excluding hydrogens is 444 g/mol. The van der Waals surface area contributed by atoms with E-state index in [1.165, 1.54) is 6.21 Å². The summed E-state index contributed by atoms with van der Waals surface area (Å²) in [5, 5.41) is 11.6. The first-order valence-corrected chi connectivity index (χ1v) is 9.95. The number of carbonyl (C=O) groups excluding carboxylic acids is 1. The van der Waals surface area contributed by atoms with Crippen LogP contribution >= 0.6 is 15.9 Å². The molecule has 30 heavy (non-hydrogen) atoms. The van der Waals surface area contributed by atoms with Gasteiger partial charge in [-0.05, 0) is 52.3 Å². The van der Waals surface area contributed by atoms with Crippen LogP contribution in [0.3, 0.4) is 0 Å². The van der Waals surface area contributed by atoms with E-state index in [1.807, 2.05) is 47.3 Å². The number of amides is 1. The minimum Gasteiger partial charge on any atom is -0.393 e. The van der Waals surface area contributed by atoms with E-state index in [0.717, 1.165) is 26.8 Å². The van der Waals surface area contributed by atoms with Gasteiger partial charge in [0.1, 0.15) is 0 Å². The molecule has 4 rings (SSSR count). The molecule has 0 atom stereocenters. The molecule has 2 aromatic carbocycles. The van der Waals surface area contributed by atoms with E-state index in [0.29, 0.717) is 16.8 Å². The number of aromatic nitrogens is 3. The number of rotatable bonds is 6. The van der Waals surface area contributed by atoms with Crippen LogP contribution in [0.5, 0.6) is 0 Å². The maximum absolute atomic E-state index is 11.4. The van der Waals surface area contributed by atoms with Gasteiger partial charge < -0.3 is 25.6 Å². The van der Waals surface area contributed by atoms with Gasteiger partial charge in [0.2, 0.25) is 5.91 Å². The van der Waals surface area contributed by atoms with Crippen molar-refractivity contribution in [3.05, 3.63) is 83.1 Å². The van der Waals surface area contributed by atoms with Gasteiger partial charge in [0.15, 0.2) is 0 Å². The molecule has 0 spiro atoms. The molecule has 0 aliphatic heterocycles. The Kier molecular flexibility index (Phi) is 5.24. The zero-order chi connectivity index (χ0) is 21.3. The highest BCUT2D eigenvalue weighted by molar-refractivity contribution is 9.10. The smallest absolute Gasteiger partial charge is 0.248 e. The van der Waals surface area contributed by atoms with Crippen LogP contribution in [0.4, 0.5) is 0 Å². The van der Waals surface area contributed by atoms with Gasteiger partial charge in [-0.15, -0.1) is 0 Å². The molecule has 7 nitrogen and oxygen atoms in total. The van der Waals surface area contributed by atoms with Crippen molar-refractivity contribution in [3.8, 4) is 11.4 Å². The van der Waals surface area contributed by atoms with E-state index in [1.54, 1.807) is 31.7 Å². The predicted molar refractivity (Wildman–Crippen MR) is 122 cm³/mol. The van der Waals surface area contributed by atoms with Crippen molar-refractivity contribution >= 4 is 44.5 Å². The van der Waals surface area contributed by atoms with Gasteiger partial charge in [-0.1, -0.05) is 6.07 Å². The number of hydrogen-bond acceptors (Lipinski definition) is 4. The molecule has 0 saturated carbocycles. The van der Waals surface area contributed by atoms with E-state index >= 15 is 0 Å². The second kappa shape index (κ2) is 8.00. The van der Waals surface area contributed by atoms with Crippen molar-refractivity contribution in [2.45, 2.75) is 0 Å². The van der Waals surface area contributed by atoms with Gasteiger partial charge >= 0.3 is 0 Å². The lowest BCUT2D eigenvalue weighted by Gasteiger charge is -2.10. The summed E-state index contributed by atoms with van der Waals surface area (Å²) in [5.74, 6) is -0.463. The van der Waals surface area contributed by atoms with Crippen molar-refractivity contribution in [1.29, 1.82) is 5.41 Å². The Morgan fingerprint density at radius 2 is 2.07 bits per heavy atom. The predicted octanol–water partition coefficient (Wildman–Crippen LogP) is 3.89. The fraction of sp³-hybridized carbons (Fsp3) is 0.0455. The number of halogens is 1. The van der Waals surface area contributed by atoms with Crippen molar-refractivity contribution < 1.29 is 4.79 Å². The van der Waals surface area contributed by atoms with Crippen LogP contribution < -0.4 is 11.1 Å². The number of nitrogens with two attached hydrogens (primary N) is 1. The summed E-state index contributed by atoms with van der Waals surface area (Å²) >= 11 is 3.55. The van der Waals surface area contributed by atoms with Gasteiger partial charge in [0, 0.05) is 52.9 Å². The number of fused-ring (bicyclic) bond motifs is 1. The van der Waals surface area contributed by atoms with Crippen LogP contribution in [0.1, 0.15) is 16.1 Å². The average molecular weight is 463 g/mol. The highest BCUT2D eigenvalue weighted by Crippen LogP contribution is 2.30. The molecule has 0 unspecified atom stereocenters. The molecule has 2 aromatic heterocycles. The highest BCUT2D eigenvalue weighted by atomic mass is 79.9. The first-order chi connectivity index (χ1) is 14.5. The molecular formula is C22H19BrN6O. The van der Waals surface area contributed by atoms with Gasteiger partial charge in [0.05, 0.1) is 28.9 Å². The minimum absolute atomic E-state index is 0.449. The van der Waals surface area contributed by atoms with E-state index in [-0.39, 0.29) is 0 Å². The largest absolute Gasteiger partial charge is 0.393 e. The van der Waals surface area contributed by atoms with E-state index in [2.05, 4.69) is 30.8 Å². The summed E-state index contributed by atoms with van der Waals surface area (Å²) in [5.41, 5.74) is 10.1. The zero-order valence-corrected chi connectivity index (χ0v) is 17.7. The molecule has 0 bridgehead atoms. The highest BCUT2D eigenvalue weighted by Gasteiger charge is 2.13. The standard InChI is InChI=1S/C22H19BrN6O/c1-26-11-15(10-24)18-12-28(13-27-18)19-3-2-4-20-16(19)7-8-29(20)21-6-5-14(22(25)30)9-17(21)23/h2-13,24,26H,1H3,(H2,25,30)/b15-11+,24-10?. The van der Waals surface area contributed by atoms with Crippen molar-refractivity contribution in [2.24, 2.45) is 5.73 Å². The maximum Gasteiger partial charge on any atom is 0.248 e. The number of carbonyl (C=O) groups is 1. The number of hydrogen-bond donors (Lipinski definition) is 3. The summed E-state index contributed by atoms with van der Waals surface area (Å²) in [7, 11) is 1.79. The molecule has 0 radical (unpaired) electrons. The summed E-state index contributed by atoms with van der Waals surface area (Å²) in [6.45, 7) is 0. The van der Waals surface area contributed by atoms with Crippen LogP contribution in [0, 0.1) is 5.41 Å².